The van der Waals surface area contributed by atoms with Crippen molar-refractivity contribution in [2.45, 2.75) is 12.5 Å². The van der Waals surface area contributed by atoms with Crippen molar-refractivity contribution in [3.63, 3.8) is 0 Å². The zero-order valence-electron chi connectivity index (χ0n) is 11.5. The molecule has 7 heteroatoms. The Balaban J connectivity index is 1.94. The molecule has 0 aromatic heterocycles. The van der Waals surface area contributed by atoms with E-state index in [4.69, 9.17) is 5.73 Å². The van der Waals surface area contributed by atoms with Crippen LogP contribution < -0.4 is 16.4 Å². The molecule has 0 radical (unpaired) electrons. The van der Waals surface area contributed by atoms with Crippen LogP contribution in [-0.2, 0) is 9.59 Å². The zero-order chi connectivity index (χ0) is 15.2. The predicted octanol–water partition coefficient (Wildman–Crippen LogP) is -0.255. The standard InChI is InChI=1S/C14H18N4O3/c15-7-8-16-11(19)6-9-18-13(20)12(17-14(18)21)10-4-2-1-3-5-10/h1-5,12H,6-9,15H2,(H,16,19)(H,17,21). The fraction of sp³-hybridized carbons (Fsp3) is 0.357. The molecule has 0 spiro atoms. The lowest BCUT2D eigenvalue weighted by molar-refractivity contribution is -0.128. The number of amides is 4. The van der Waals surface area contributed by atoms with E-state index in [0.29, 0.717) is 13.1 Å². The second-order valence-electron chi connectivity index (χ2n) is 4.67. The van der Waals surface area contributed by atoms with E-state index in [1.165, 1.54) is 0 Å². The van der Waals surface area contributed by atoms with Crippen molar-refractivity contribution in [2.75, 3.05) is 19.6 Å². The molecule has 112 valence electrons. The van der Waals surface area contributed by atoms with Gasteiger partial charge in [0.1, 0.15) is 6.04 Å². The van der Waals surface area contributed by atoms with Crippen LogP contribution >= 0.6 is 0 Å². The van der Waals surface area contributed by atoms with Gasteiger partial charge in [0.2, 0.25) is 5.91 Å². The maximum atomic E-state index is 12.2. The van der Waals surface area contributed by atoms with Crippen molar-refractivity contribution in [1.82, 2.24) is 15.5 Å². The summed E-state index contributed by atoms with van der Waals surface area (Å²) in [6.45, 7) is 0.793. The Hall–Kier alpha value is -2.41. The van der Waals surface area contributed by atoms with E-state index < -0.39 is 12.1 Å². The third-order valence-corrected chi connectivity index (χ3v) is 3.19. The zero-order valence-corrected chi connectivity index (χ0v) is 11.5. The summed E-state index contributed by atoms with van der Waals surface area (Å²) in [5, 5.41) is 5.22. The maximum Gasteiger partial charge on any atom is 0.325 e. The highest BCUT2D eigenvalue weighted by molar-refractivity contribution is 6.04. The summed E-state index contributed by atoms with van der Waals surface area (Å²) in [5.74, 6) is -0.568. The monoisotopic (exact) mass is 290 g/mol. The first kappa shape index (κ1) is 15.0. The number of nitrogens with zero attached hydrogens (tertiary/aromatic N) is 1. The van der Waals surface area contributed by atoms with Gasteiger partial charge in [-0.15, -0.1) is 0 Å². The summed E-state index contributed by atoms with van der Waals surface area (Å²) >= 11 is 0. The van der Waals surface area contributed by atoms with E-state index in [1.807, 2.05) is 6.07 Å². The fourth-order valence-corrected chi connectivity index (χ4v) is 2.12. The van der Waals surface area contributed by atoms with Crippen molar-refractivity contribution in [1.29, 1.82) is 0 Å². The Morgan fingerprint density at radius 1 is 1.29 bits per heavy atom. The van der Waals surface area contributed by atoms with E-state index in [-0.39, 0.29) is 24.8 Å². The van der Waals surface area contributed by atoms with Crippen molar-refractivity contribution in [3.8, 4) is 0 Å². The van der Waals surface area contributed by atoms with E-state index in [1.54, 1.807) is 24.3 Å². The normalized spacial score (nSPS) is 17.8. The van der Waals surface area contributed by atoms with Gasteiger partial charge in [-0.05, 0) is 5.56 Å². The average Bonchev–Trinajstić information content (AvgIpc) is 2.79. The fourth-order valence-electron chi connectivity index (χ4n) is 2.12. The van der Waals surface area contributed by atoms with Crippen molar-refractivity contribution < 1.29 is 14.4 Å². The van der Waals surface area contributed by atoms with Crippen LogP contribution in [0.5, 0.6) is 0 Å². The third kappa shape index (κ3) is 3.57. The Bertz CT molecular complexity index is 532. The lowest BCUT2D eigenvalue weighted by Crippen LogP contribution is -2.36. The topological polar surface area (TPSA) is 105 Å². The molecule has 0 saturated carbocycles. The van der Waals surface area contributed by atoms with Gasteiger partial charge in [0.15, 0.2) is 0 Å². The summed E-state index contributed by atoms with van der Waals surface area (Å²) in [6.07, 6.45) is 0.0701. The summed E-state index contributed by atoms with van der Waals surface area (Å²) < 4.78 is 0. The van der Waals surface area contributed by atoms with E-state index in [2.05, 4.69) is 10.6 Å². The first-order valence-electron chi connectivity index (χ1n) is 6.77. The van der Waals surface area contributed by atoms with E-state index in [0.717, 1.165) is 10.5 Å². The third-order valence-electron chi connectivity index (χ3n) is 3.19. The second-order valence-corrected chi connectivity index (χ2v) is 4.67. The van der Waals surface area contributed by atoms with E-state index >= 15 is 0 Å². The van der Waals surface area contributed by atoms with Crippen LogP contribution in [-0.4, -0.2) is 42.4 Å². The first-order chi connectivity index (χ1) is 10.1. The van der Waals surface area contributed by atoms with Gasteiger partial charge in [-0.25, -0.2) is 4.79 Å². The highest BCUT2D eigenvalue weighted by atomic mass is 16.2. The molecule has 1 aliphatic heterocycles. The van der Waals surface area contributed by atoms with Crippen LogP contribution in [0.4, 0.5) is 4.79 Å². The van der Waals surface area contributed by atoms with Crippen LogP contribution in [0.2, 0.25) is 0 Å². The van der Waals surface area contributed by atoms with E-state index in [9.17, 15) is 14.4 Å². The highest BCUT2D eigenvalue weighted by Crippen LogP contribution is 2.21. The molecular formula is C14H18N4O3. The molecule has 0 aliphatic carbocycles. The number of imide groups is 1. The molecule has 7 nitrogen and oxygen atoms in total. The molecule has 1 fully saturated rings. The molecule has 1 aliphatic rings. The lowest BCUT2D eigenvalue weighted by Gasteiger charge is -2.12. The number of carbonyl (C=O) groups is 3. The Morgan fingerprint density at radius 3 is 2.67 bits per heavy atom. The summed E-state index contributed by atoms with van der Waals surface area (Å²) in [7, 11) is 0. The van der Waals surface area contributed by atoms with Crippen LogP contribution in [0.1, 0.15) is 18.0 Å². The minimum atomic E-state index is -0.675. The molecular weight excluding hydrogens is 272 g/mol. The van der Waals surface area contributed by atoms with Gasteiger partial charge >= 0.3 is 6.03 Å². The smallest absolute Gasteiger partial charge is 0.325 e. The van der Waals surface area contributed by atoms with Gasteiger partial charge in [0, 0.05) is 26.1 Å². The SMILES string of the molecule is NCCNC(=O)CCN1C(=O)NC(c2ccccc2)C1=O. The summed E-state index contributed by atoms with van der Waals surface area (Å²) in [6, 6.07) is 7.85. The molecule has 4 amide bonds. The van der Waals surface area contributed by atoms with Gasteiger partial charge in [-0.2, -0.15) is 0 Å². The van der Waals surface area contributed by atoms with Crippen LogP contribution in [0.15, 0.2) is 30.3 Å². The van der Waals surface area contributed by atoms with Crippen molar-refractivity contribution in [3.05, 3.63) is 35.9 Å². The largest absolute Gasteiger partial charge is 0.355 e. The van der Waals surface area contributed by atoms with Crippen molar-refractivity contribution in [2.24, 2.45) is 5.73 Å². The predicted molar refractivity (Wildman–Crippen MR) is 76.1 cm³/mol. The van der Waals surface area contributed by atoms with Gasteiger partial charge < -0.3 is 16.4 Å². The number of carbonyl (C=O) groups excluding carboxylic acids is 3. The first-order valence-corrected chi connectivity index (χ1v) is 6.77. The number of urea groups is 1. The lowest BCUT2D eigenvalue weighted by atomic mass is 10.1. The number of hydrogen-bond donors (Lipinski definition) is 3. The number of hydrogen-bond acceptors (Lipinski definition) is 4. The molecule has 4 N–H and O–H groups in total. The van der Waals surface area contributed by atoms with Gasteiger partial charge in [-0.3, -0.25) is 14.5 Å². The molecule has 1 atom stereocenters. The van der Waals surface area contributed by atoms with Gasteiger partial charge in [0.05, 0.1) is 0 Å². The maximum absolute atomic E-state index is 12.2. The Labute approximate surface area is 122 Å². The minimum absolute atomic E-state index is 0.0599. The summed E-state index contributed by atoms with van der Waals surface area (Å²) in [5.41, 5.74) is 6.01. The average molecular weight is 290 g/mol. The van der Waals surface area contributed by atoms with Crippen molar-refractivity contribution >= 4 is 17.8 Å². The van der Waals surface area contributed by atoms with Gasteiger partial charge in [-0.1, -0.05) is 30.3 Å². The molecule has 1 heterocycles. The molecule has 2 rings (SSSR count). The number of nitrogens with one attached hydrogen (secondary N) is 2. The Kier molecular flexibility index (Phi) is 4.89. The van der Waals surface area contributed by atoms with Crippen LogP contribution in [0.25, 0.3) is 0 Å². The molecule has 0 bridgehead atoms. The minimum Gasteiger partial charge on any atom is -0.355 e. The molecule has 1 aromatic rings. The van der Waals surface area contributed by atoms with Gasteiger partial charge in [0.25, 0.3) is 5.91 Å². The number of rotatable bonds is 6. The number of benzene rings is 1. The molecule has 1 aromatic carbocycles. The summed E-state index contributed by atoms with van der Waals surface area (Å²) in [4.78, 5) is 36.6. The molecule has 21 heavy (non-hydrogen) atoms. The molecule has 1 saturated heterocycles. The second kappa shape index (κ2) is 6.85. The van der Waals surface area contributed by atoms with Crippen LogP contribution in [0, 0.1) is 0 Å². The molecule has 1 unspecified atom stereocenters. The highest BCUT2D eigenvalue weighted by Gasteiger charge is 2.38. The van der Waals surface area contributed by atoms with Crippen LogP contribution in [0.3, 0.4) is 0 Å². The quantitative estimate of drug-likeness (QED) is 0.628. The number of nitrogens with two attached hydrogens (primary N) is 1. The Morgan fingerprint density at radius 2 is 2.00 bits per heavy atom.